The number of hydrogen-bond donors (Lipinski definition) is 2. The normalized spacial score (nSPS) is 15.6. The predicted octanol–water partition coefficient (Wildman–Crippen LogP) is 2.78. The van der Waals surface area contributed by atoms with E-state index in [9.17, 15) is 9.59 Å². The summed E-state index contributed by atoms with van der Waals surface area (Å²) in [5.41, 5.74) is 1.16. The maximum atomic E-state index is 12.0. The lowest BCUT2D eigenvalue weighted by Crippen LogP contribution is -2.45. The number of piperidine rings is 1. The molecular formula is C16H21ClN2O3. The van der Waals surface area contributed by atoms with Crippen LogP contribution >= 0.6 is 11.6 Å². The second kappa shape index (κ2) is 8.03. The Balaban J connectivity index is 1.65. The van der Waals surface area contributed by atoms with Crippen LogP contribution in [0.1, 0.15) is 24.8 Å². The Morgan fingerprint density at radius 1 is 1.32 bits per heavy atom. The van der Waals surface area contributed by atoms with Crippen molar-refractivity contribution in [2.24, 2.45) is 5.92 Å². The third kappa shape index (κ3) is 4.91. The summed E-state index contributed by atoms with van der Waals surface area (Å²) in [6.07, 6.45) is 2.77. The van der Waals surface area contributed by atoms with E-state index in [0.29, 0.717) is 32.5 Å². The molecule has 1 heterocycles. The first-order valence-electron chi connectivity index (χ1n) is 7.56. The molecule has 0 saturated carbocycles. The third-order valence-electron chi connectivity index (χ3n) is 3.94. The van der Waals surface area contributed by atoms with Gasteiger partial charge in [-0.25, -0.2) is 4.79 Å². The summed E-state index contributed by atoms with van der Waals surface area (Å²) in [6, 6.07) is 7.61. The lowest BCUT2D eigenvalue weighted by Gasteiger charge is -2.30. The summed E-state index contributed by atoms with van der Waals surface area (Å²) in [5, 5.41) is 12.5. The van der Waals surface area contributed by atoms with E-state index in [0.717, 1.165) is 23.4 Å². The molecule has 5 nitrogen and oxygen atoms in total. The quantitative estimate of drug-likeness (QED) is 0.818. The zero-order chi connectivity index (χ0) is 15.9. The topological polar surface area (TPSA) is 69.6 Å². The summed E-state index contributed by atoms with van der Waals surface area (Å²) >= 11 is 5.93. The summed E-state index contributed by atoms with van der Waals surface area (Å²) in [4.78, 5) is 24.6. The molecule has 6 heteroatoms. The van der Waals surface area contributed by atoms with Crippen LogP contribution in [-0.2, 0) is 11.2 Å². The molecule has 1 aromatic rings. The van der Waals surface area contributed by atoms with Crippen molar-refractivity contribution in [2.75, 3.05) is 19.6 Å². The number of nitrogens with zero attached hydrogens (tertiary/aromatic N) is 1. The molecule has 1 aliphatic rings. The van der Waals surface area contributed by atoms with Crippen molar-refractivity contribution in [3.05, 3.63) is 34.9 Å². The number of carbonyl (C=O) groups excluding carboxylic acids is 1. The predicted molar refractivity (Wildman–Crippen MR) is 85.1 cm³/mol. The number of carboxylic acids is 1. The standard InChI is InChI=1S/C16H21ClN2O3/c17-14-5-1-3-12(11-14)4-2-8-18-16(22)19-9-6-13(7-10-19)15(20)21/h1,3,5,11,13H,2,4,6-10H2,(H,18,22)(H,20,21). The monoisotopic (exact) mass is 324 g/mol. The number of likely N-dealkylation sites (tertiary alicyclic amines) is 1. The molecule has 22 heavy (non-hydrogen) atoms. The molecule has 0 aromatic heterocycles. The summed E-state index contributed by atoms with van der Waals surface area (Å²) in [7, 11) is 0. The highest BCUT2D eigenvalue weighted by Crippen LogP contribution is 2.17. The Bertz CT molecular complexity index is 528. The highest BCUT2D eigenvalue weighted by molar-refractivity contribution is 6.30. The Kier molecular flexibility index (Phi) is 6.07. The molecule has 2 N–H and O–H groups in total. The van der Waals surface area contributed by atoms with Gasteiger partial charge in [-0.1, -0.05) is 23.7 Å². The van der Waals surface area contributed by atoms with E-state index < -0.39 is 5.97 Å². The van der Waals surface area contributed by atoms with Crippen molar-refractivity contribution in [1.82, 2.24) is 10.2 Å². The number of amides is 2. The summed E-state index contributed by atoms with van der Waals surface area (Å²) in [6.45, 7) is 1.62. The number of carbonyl (C=O) groups is 2. The number of urea groups is 1. The number of hydrogen-bond acceptors (Lipinski definition) is 2. The van der Waals surface area contributed by atoms with Gasteiger partial charge >= 0.3 is 12.0 Å². The molecule has 0 bridgehead atoms. The van der Waals surface area contributed by atoms with Gasteiger partial charge in [0.2, 0.25) is 0 Å². The smallest absolute Gasteiger partial charge is 0.317 e. The van der Waals surface area contributed by atoms with Crippen LogP contribution < -0.4 is 5.32 Å². The van der Waals surface area contributed by atoms with Crippen molar-refractivity contribution in [3.8, 4) is 0 Å². The van der Waals surface area contributed by atoms with Crippen LogP contribution in [0.3, 0.4) is 0 Å². The Morgan fingerprint density at radius 3 is 2.68 bits per heavy atom. The van der Waals surface area contributed by atoms with Crippen molar-refractivity contribution >= 4 is 23.6 Å². The van der Waals surface area contributed by atoms with Crippen LogP contribution in [0.5, 0.6) is 0 Å². The number of benzene rings is 1. The van der Waals surface area contributed by atoms with Gasteiger partial charge in [0.15, 0.2) is 0 Å². The highest BCUT2D eigenvalue weighted by atomic mass is 35.5. The van der Waals surface area contributed by atoms with Crippen LogP contribution in [0, 0.1) is 5.92 Å². The van der Waals surface area contributed by atoms with E-state index in [4.69, 9.17) is 16.7 Å². The minimum atomic E-state index is -0.762. The van der Waals surface area contributed by atoms with Crippen LogP contribution in [0.4, 0.5) is 4.79 Å². The Morgan fingerprint density at radius 2 is 2.05 bits per heavy atom. The number of aliphatic carboxylic acids is 1. The van der Waals surface area contributed by atoms with Gasteiger partial charge in [0.25, 0.3) is 0 Å². The molecule has 2 amide bonds. The molecule has 1 fully saturated rings. The Hall–Kier alpha value is -1.75. The highest BCUT2D eigenvalue weighted by Gasteiger charge is 2.26. The van der Waals surface area contributed by atoms with Gasteiger partial charge in [0.05, 0.1) is 5.92 Å². The van der Waals surface area contributed by atoms with Gasteiger partial charge in [-0.05, 0) is 43.4 Å². The molecule has 1 aromatic carbocycles. The van der Waals surface area contributed by atoms with E-state index in [1.165, 1.54) is 0 Å². The van der Waals surface area contributed by atoms with E-state index in [1.807, 2.05) is 24.3 Å². The van der Waals surface area contributed by atoms with Gasteiger partial charge in [0.1, 0.15) is 0 Å². The minimum absolute atomic E-state index is 0.102. The average Bonchev–Trinajstić information content (AvgIpc) is 2.51. The van der Waals surface area contributed by atoms with Crippen molar-refractivity contribution < 1.29 is 14.7 Å². The fourth-order valence-corrected chi connectivity index (χ4v) is 2.83. The number of aryl methyl sites for hydroxylation is 1. The molecule has 0 atom stereocenters. The molecule has 0 spiro atoms. The van der Waals surface area contributed by atoms with Gasteiger partial charge in [0, 0.05) is 24.7 Å². The first-order chi connectivity index (χ1) is 10.6. The zero-order valence-electron chi connectivity index (χ0n) is 12.4. The summed E-state index contributed by atoms with van der Waals surface area (Å²) < 4.78 is 0. The first-order valence-corrected chi connectivity index (χ1v) is 7.94. The molecular weight excluding hydrogens is 304 g/mol. The zero-order valence-corrected chi connectivity index (χ0v) is 13.2. The Labute approximate surface area is 135 Å². The second-order valence-electron chi connectivity index (χ2n) is 5.56. The van der Waals surface area contributed by atoms with Crippen molar-refractivity contribution in [1.29, 1.82) is 0 Å². The first kappa shape index (κ1) is 16.6. The SMILES string of the molecule is O=C(O)C1CCN(C(=O)NCCCc2cccc(Cl)c2)CC1. The minimum Gasteiger partial charge on any atom is -0.481 e. The number of rotatable bonds is 5. The fourth-order valence-electron chi connectivity index (χ4n) is 2.62. The lowest BCUT2D eigenvalue weighted by atomic mass is 9.97. The van der Waals surface area contributed by atoms with Crippen LogP contribution in [0.15, 0.2) is 24.3 Å². The third-order valence-corrected chi connectivity index (χ3v) is 4.17. The van der Waals surface area contributed by atoms with Crippen LogP contribution in [0.2, 0.25) is 5.02 Å². The van der Waals surface area contributed by atoms with E-state index in [2.05, 4.69) is 5.32 Å². The molecule has 2 rings (SSSR count). The molecule has 0 aliphatic carbocycles. The van der Waals surface area contributed by atoms with Crippen LogP contribution in [0.25, 0.3) is 0 Å². The second-order valence-corrected chi connectivity index (χ2v) is 6.00. The van der Waals surface area contributed by atoms with Gasteiger partial charge in [-0.15, -0.1) is 0 Å². The van der Waals surface area contributed by atoms with Gasteiger partial charge in [-0.2, -0.15) is 0 Å². The van der Waals surface area contributed by atoms with Gasteiger partial charge < -0.3 is 15.3 Å². The number of halogens is 1. The van der Waals surface area contributed by atoms with E-state index in [1.54, 1.807) is 4.90 Å². The molecule has 0 radical (unpaired) electrons. The maximum Gasteiger partial charge on any atom is 0.317 e. The number of nitrogens with one attached hydrogen (secondary N) is 1. The molecule has 0 unspecified atom stereocenters. The summed E-state index contributed by atoms with van der Waals surface area (Å²) in [5.74, 6) is -1.08. The molecule has 120 valence electrons. The molecule has 1 saturated heterocycles. The molecule has 1 aliphatic heterocycles. The van der Waals surface area contributed by atoms with Gasteiger partial charge in [-0.3, -0.25) is 4.79 Å². The van der Waals surface area contributed by atoms with E-state index in [-0.39, 0.29) is 11.9 Å². The van der Waals surface area contributed by atoms with E-state index >= 15 is 0 Å². The lowest BCUT2D eigenvalue weighted by molar-refractivity contribution is -0.143. The largest absolute Gasteiger partial charge is 0.481 e. The maximum absolute atomic E-state index is 12.0. The fraction of sp³-hybridized carbons (Fsp3) is 0.500. The van der Waals surface area contributed by atoms with Crippen molar-refractivity contribution in [3.63, 3.8) is 0 Å². The number of carboxylic acid groups (broad SMARTS) is 1. The van der Waals surface area contributed by atoms with Crippen molar-refractivity contribution in [2.45, 2.75) is 25.7 Å². The van der Waals surface area contributed by atoms with Crippen LogP contribution in [-0.4, -0.2) is 41.6 Å². The average molecular weight is 325 g/mol.